The number of H-pyrrole nitrogens is 1. The smallest absolute Gasteiger partial charge is 0.358 e. The van der Waals surface area contributed by atoms with Crippen molar-refractivity contribution in [1.29, 1.82) is 0 Å². The van der Waals surface area contributed by atoms with Crippen LogP contribution in [0.3, 0.4) is 0 Å². The molecule has 6 heteroatoms. The van der Waals surface area contributed by atoms with E-state index in [9.17, 15) is 4.79 Å². The van der Waals surface area contributed by atoms with E-state index in [1.54, 1.807) is 17.9 Å². The van der Waals surface area contributed by atoms with Gasteiger partial charge in [-0.25, -0.2) is 9.78 Å². The third kappa shape index (κ3) is 1.39. The van der Waals surface area contributed by atoms with Crippen LogP contribution in [0.2, 0.25) is 0 Å². The summed E-state index contributed by atoms with van der Waals surface area (Å²) >= 11 is 1.38. The van der Waals surface area contributed by atoms with Crippen LogP contribution in [0.1, 0.15) is 10.5 Å². The molecule has 0 aliphatic rings. The Bertz CT molecular complexity index is 435. The van der Waals surface area contributed by atoms with E-state index in [-0.39, 0.29) is 0 Å². The van der Waals surface area contributed by atoms with Gasteiger partial charge >= 0.3 is 5.97 Å². The minimum absolute atomic E-state index is 0.332. The van der Waals surface area contributed by atoms with Gasteiger partial charge < -0.3 is 4.74 Å². The van der Waals surface area contributed by atoms with Crippen molar-refractivity contribution < 1.29 is 9.53 Å². The molecular weight excluding hydrogens is 202 g/mol. The molecule has 2 rings (SSSR count). The Hall–Kier alpha value is -1.69. The number of methoxy groups -OCH3 is 1. The molecule has 0 aliphatic heterocycles. The fourth-order valence-electron chi connectivity index (χ4n) is 1.07. The van der Waals surface area contributed by atoms with Crippen LogP contribution in [0.15, 0.2) is 17.9 Å². The van der Waals surface area contributed by atoms with E-state index in [1.165, 1.54) is 18.4 Å². The van der Waals surface area contributed by atoms with Gasteiger partial charge in [0.2, 0.25) is 0 Å². The van der Waals surface area contributed by atoms with E-state index in [1.807, 2.05) is 0 Å². The Morgan fingerprint density at radius 2 is 2.50 bits per heavy atom. The number of aromatic amines is 1. The van der Waals surface area contributed by atoms with Crippen molar-refractivity contribution in [3.63, 3.8) is 0 Å². The number of rotatable bonds is 2. The lowest BCUT2D eigenvalue weighted by Gasteiger charge is -1.96. The number of hydrogen-bond donors (Lipinski definition) is 1. The largest absolute Gasteiger partial charge is 0.464 e. The summed E-state index contributed by atoms with van der Waals surface area (Å²) in [5.41, 5.74) is 2.78. The lowest BCUT2D eigenvalue weighted by atomic mass is 10.2. The second-order valence-electron chi connectivity index (χ2n) is 2.51. The first kappa shape index (κ1) is 8.89. The molecule has 0 radical (unpaired) electrons. The molecule has 14 heavy (non-hydrogen) atoms. The minimum Gasteiger partial charge on any atom is -0.464 e. The molecule has 0 aromatic carbocycles. The van der Waals surface area contributed by atoms with Crippen LogP contribution >= 0.6 is 11.3 Å². The van der Waals surface area contributed by atoms with E-state index in [0.29, 0.717) is 5.69 Å². The number of ether oxygens (including phenoxy) is 1. The van der Waals surface area contributed by atoms with Crippen molar-refractivity contribution in [2.45, 2.75) is 0 Å². The summed E-state index contributed by atoms with van der Waals surface area (Å²) in [6.45, 7) is 0. The molecule has 2 aromatic heterocycles. The average molecular weight is 209 g/mol. The third-order valence-electron chi connectivity index (χ3n) is 1.71. The summed E-state index contributed by atoms with van der Waals surface area (Å²) < 4.78 is 4.61. The monoisotopic (exact) mass is 209 g/mol. The van der Waals surface area contributed by atoms with Crippen molar-refractivity contribution in [2.75, 3.05) is 7.11 Å². The number of thiazole rings is 1. The zero-order valence-corrected chi connectivity index (χ0v) is 8.17. The van der Waals surface area contributed by atoms with Gasteiger partial charge in [0.25, 0.3) is 0 Å². The summed E-state index contributed by atoms with van der Waals surface area (Å²) in [6, 6.07) is 0. The number of hydrogen-bond acceptors (Lipinski definition) is 5. The van der Waals surface area contributed by atoms with E-state index in [2.05, 4.69) is 19.9 Å². The lowest BCUT2D eigenvalue weighted by Crippen LogP contribution is -2.02. The molecule has 0 atom stereocenters. The highest BCUT2D eigenvalue weighted by atomic mass is 32.1. The van der Waals surface area contributed by atoms with Crippen molar-refractivity contribution >= 4 is 17.3 Å². The molecule has 2 aromatic rings. The van der Waals surface area contributed by atoms with Gasteiger partial charge in [0, 0.05) is 11.8 Å². The van der Waals surface area contributed by atoms with E-state index < -0.39 is 5.97 Å². The second kappa shape index (κ2) is 3.59. The van der Waals surface area contributed by atoms with E-state index in [4.69, 9.17) is 0 Å². The third-order valence-corrected chi connectivity index (χ3v) is 2.58. The van der Waals surface area contributed by atoms with Gasteiger partial charge in [0.15, 0.2) is 5.69 Å². The molecule has 72 valence electrons. The molecule has 0 fully saturated rings. The molecule has 0 unspecified atom stereocenters. The van der Waals surface area contributed by atoms with Crippen LogP contribution in [0, 0.1) is 0 Å². The maximum absolute atomic E-state index is 11.3. The molecule has 0 spiro atoms. The molecule has 0 saturated heterocycles. The van der Waals surface area contributed by atoms with Crippen molar-refractivity contribution in [3.8, 4) is 10.4 Å². The SMILES string of the molecule is COC(=O)c1ncsc1-c1cn[nH]c1. The van der Waals surface area contributed by atoms with Gasteiger partial charge in [0.05, 0.1) is 23.7 Å². The van der Waals surface area contributed by atoms with E-state index >= 15 is 0 Å². The second-order valence-corrected chi connectivity index (χ2v) is 3.36. The normalized spacial score (nSPS) is 10.1. The maximum atomic E-state index is 11.3. The highest BCUT2D eigenvalue weighted by Gasteiger charge is 2.16. The minimum atomic E-state index is -0.428. The van der Waals surface area contributed by atoms with Gasteiger partial charge in [-0.2, -0.15) is 5.10 Å². The van der Waals surface area contributed by atoms with Gasteiger partial charge in [0.1, 0.15) is 0 Å². The van der Waals surface area contributed by atoms with E-state index in [0.717, 1.165) is 10.4 Å². The molecule has 2 heterocycles. The van der Waals surface area contributed by atoms with Gasteiger partial charge in [-0.1, -0.05) is 0 Å². The molecule has 0 saturated carbocycles. The molecule has 1 N–H and O–H groups in total. The number of esters is 1. The number of nitrogens with one attached hydrogen (secondary N) is 1. The van der Waals surface area contributed by atoms with Gasteiger partial charge in [-0.15, -0.1) is 11.3 Å². The fourth-order valence-corrected chi connectivity index (χ4v) is 1.83. The molecule has 0 amide bonds. The van der Waals surface area contributed by atoms with Crippen molar-refractivity contribution in [1.82, 2.24) is 15.2 Å². The lowest BCUT2D eigenvalue weighted by molar-refractivity contribution is 0.0596. The summed E-state index contributed by atoms with van der Waals surface area (Å²) in [5.74, 6) is -0.428. The van der Waals surface area contributed by atoms with Crippen LogP contribution in [0.4, 0.5) is 0 Å². The maximum Gasteiger partial charge on any atom is 0.358 e. The number of nitrogens with zero attached hydrogens (tertiary/aromatic N) is 2. The topological polar surface area (TPSA) is 67.9 Å². The average Bonchev–Trinajstić information content (AvgIpc) is 2.85. The highest BCUT2D eigenvalue weighted by molar-refractivity contribution is 7.13. The molecule has 0 bridgehead atoms. The Morgan fingerprint density at radius 3 is 3.14 bits per heavy atom. The zero-order valence-electron chi connectivity index (χ0n) is 7.35. The number of aromatic nitrogens is 3. The fraction of sp³-hybridized carbons (Fsp3) is 0.125. The Balaban J connectivity index is 2.45. The Kier molecular flexibility index (Phi) is 2.28. The first-order chi connectivity index (χ1) is 6.83. The highest BCUT2D eigenvalue weighted by Crippen LogP contribution is 2.26. The molecule has 5 nitrogen and oxygen atoms in total. The quantitative estimate of drug-likeness (QED) is 0.757. The standard InChI is InChI=1S/C8H7N3O2S/c1-13-8(12)6-7(14-4-9-6)5-2-10-11-3-5/h2-4H,1H3,(H,10,11). The summed E-state index contributed by atoms with van der Waals surface area (Å²) in [6.07, 6.45) is 3.35. The summed E-state index contributed by atoms with van der Waals surface area (Å²) in [7, 11) is 1.33. The Labute approximate surface area is 83.8 Å². The van der Waals surface area contributed by atoms with Crippen LogP contribution < -0.4 is 0 Å². The zero-order chi connectivity index (χ0) is 9.97. The number of carbonyl (C=O) groups excluding carboxylic acids is 1. The predicted molar refractivity (Wildman–Crippen MR) is 51.0 cm³/mol. The first-order valence-electron chi connectivity index (χ1n) is 3.84. The van der Waals surface area contributed by atoms with Gasteiger partial charge in [-0.05, 0) is 0 Å². The molecule has 0 aliphatic carbocycles. The number of carbonyl (C=O) groups is 1. The first-order valence-corrected chi connectivity index (χ1v) is 4.72. The van der Waals surface area contributed by atoms with Crippen LogP contribution in [-0.4, -0.2) is 28.3 Å². The Morgan fingerprint density at radius 1 is 1.64 bits per heavy atom. The van der Waals surface area contributed by atoms with Crippen molar-refractivity contribution in [3.05, 3.63) is 23.6 Å². The van der Waals surface area contributed by atoms with Crippen LogP contribution in [0.5, 0.6) is 0 Å². The van der Waals surface area contributed by atoms with Gasteiger partial charge in [-0.3, -0.25) is 5.10 Å². The van der Waals surface area contributed by atoms with Crippen molar-refractivity contribution in [2.24, 2.45) is 0 Å². The summed E-state index contributed by atoms with van der Waals surface area (Å²) in [5, 5.41) is 6.49. The summed E-state index contributed by atoms with van der Waals surface area (Å²) in [4.78, 5) is 16.0. The predicted octanol–water partition coefficient (Wildman–Crippen LogP) is 1.32. The van der Waals surface area contributed by atoms with Crippen LogP contribution in [-0.2, 0) is 4.74 Å². The molecular formula is C8H7N3O2S. The van der Waals surface area contributed by atoms with Crippen LogP contribution in [0.25, 0.3) is 10.4 Å².